The average Bonchev–Trinajstić information content (AvgIpc) is 2.46. The molecule has 2 aromatic carbocycles. The van der Waals surface area contributed by atoms with Gasteiger partial charge in [-0.2, -0.15) is 0 Å². The van der Waals surface area contributed by atoms with Crippen molar-refractivity contribution in [3.05, 3.63) is 59.7 Å². The first-order valence-corrected chi connectivity index (χ1v) is 9.37. The second-order valence-electron chi connectivity index (χ2n) is 7.78. The Kier molecular flexibility index (Phi) is 5.88. The molecule has 0 unspecified atom stereocenters. The van der Waals surface area contributed by atoms with Gasteiger partial charge in [0.05, 0.1) is 0 Å². The third-order valence-corrected chi connectivity index (χ3v) is 5.17. The van der Waals surface area contributed by atoms with Crippen molar-refractivity contribution in [1.29, 1.82) is 0 Å². The van der Waals surface area contributed by atoms with Crippen LogP contribution in [0.25, 0.3) is 0 Å². The summed E-state index contributed by atoms with van der Waals surface area (Å²) in [6.45, 7) is 13.3. The van der Waals surface area contributed by atoms with Gasteiger partial charge in [-0.1, -0.05) is 65.8 Å². The van der Waals surface area contributed by atoms with E-state index < -0.39 is 0 Å². The maximum Gasteiger partial charge on any atom is 0.0447 e. The van der Waals surface area contributed by atoms with Gasteiger partial charge in [0.25, 0.3) is 0 Å². The zero-order valence-corrected chi connectivity index (χ0v) is 16.5. The quantitative estimate of drug-likeness (QED) is 0.551. The molecule has 0 radical (unpaired) electrons. The molecule has 0 heterocycles. The first-order valence-electron chi connectivity index (χ1n) is 7.88. The molecular formula is C20H26OS2. The monoisotopic (exact) mass is 346 g/mol. The van der Waals surface area contributed by atoms with Gasteiger partial charge in [-0.15, -0.1) is 0 Å². The minimum atomic E-state index is 0.188. The van der Waals surface area contributed by atoms with Crippen molar-refractivity contribution in [2.24, 2.45) is 0 Å². The Balaban J connectivity index is 1.87. The van der Waals surface area contributed by atoms with Crippen molar-refractivity contribution >= 4 is 24.1 Å². The third-order valence-electron chi connectivity index (χ3n) is 3.70. The molecule has 0 N–H and O–H groups in total. The lowest BCUT2D eigenvalue weighted by atomic mass is 9.87. The molecule has 0 amide bonds. The fraction of sp³-hybridized carbons (Fsp3) is 0.400. The molecule has 0 aliphatic heterocycles. The zero-order chi connectivity index (χ0) is 17.1. The molecule has 0 aliphatic rings. The highest BCUT2D eigenvalue weighted by Crippen LogP contribution is 2.32. The van der Waals surface area contributed by atoms with Crippen LogP contribution in [0.1, 0.15) is 52.7 Å². The van der Waals surface area contributed by atoms with E-state index in [-0.39, 0.29) is 10.8 Å². The summed E-state index contributed by atoms with van der Waals surface area (Å²) < 4.78 is 5.69. The van der Waals surface area contributed by atoms with Crippen LogP contribution in [0.5, 0.6) is 0 Å². The number of benzene rings is 2. The molecule has 0 aliphatic carbocycles. The minimum Gasteiger partial charge on any atom is -0.237 e. The maximum absolute atomic E-state index is 5.69. The van der Waals surface area contributed by atoms with Crippen molar-refractivity contribution in [2.45, 2.75) is 62.2 Å². The van der Waals surface area contributed by atoms with Crippen LogP contribution in [0.4, 0.5) is 0 Å². The van der Waals surface area contributed by atoms with Gasteiger partial charge in [-0.25, -0.2) is 3.63 Å². The van der Waals surface area contributed by atoms with Gasteiger partial charge in [-0.05, 0) is 46.2 Å². The van der Waals surface area contributed by atoms with E-state index in [1.165, 1.54) is 35.2 Å². The molecule has 0 spiro atoms. The Morgan fingerprint density at radius 2 is 0.870 bits per heavy atom. The summed E-state index contributed by atoms with van der Waals surface area (Å²) in [5.74, 6) is 0. The van der Waals surface area contributed by atoms with E-state index in [1.54, 1.807) is 0 Å². The van der Waals surface area contributed by atoms with Crippen LogP contribution in [0.2, 0.25) is 0 Å². The number of hydrogen-bond donors (Lipinski definition) is 0. The number of rotatable bonds is 4. The highest BCUT2D eigenvalue weighted by atomic mass is 32.2. The summed E-state index contributed by atoms with van der Waals surface area (Å²) in [5.41, 5.74) is 3.06. The van der Waals surface area contributed by atoms with Crippen LogP contribution in [0.15, 0.2) is 58.3 Å². The Hall–Kier alpha value is -0.900. The Morgan fingerprint density at radius 3 is 1.13 bits per heavy atom. The molecule has 3 heteroatoms. The van der Waals surface area contributed by atoms with Gasteiger partial charge in [0, 0.05) is 33.9 Å². The molecule has 0 atom stereocenters. The van der Waals surface area contributed by atoms with E-state index in [0.717, 1.165) is 9.79 Å². The molecule has 124 valence electrons. The lowest BCUT2D eigenvalue weighted by molar-refractivity contribution is 0.589. The molecule has 2 aromatic rings. The van der Waals surface area contributed by atoms with Gasteiger partial charge >= 0.3 is 0 Å². The SMILES string of the molecule is CC(C)(C)c1ccc(SOSc2ccc(C(C)(C)C)cc2)cc1. The summed E-state index contributed by atoms with van der Waals surface area (Å²) >= 11 is 2.81. The van der Waals surface area contributed by atoms with E-state index >= 15 is 0 Å². The summed E-state index contributed by atoms with van der Waals surface area (Å²) in [7, 11) is 0. The lowest BCUT2D eigenvalue weighted by Gasteiger charge is -2.19. The van der Waals surface area contributed by atoms with Crippen LogP contribution in [-0.4, -0.2) is 0 Å². The van der Waals surface area contributed by atoms with E-state index in [9.17, 15) is 0 Å². The van der Waals surface area contributed by atoms with Crippen LogP contribution >= 0.6 is 24.1 Å². The third kappa shape index (κ3) is 5.59. The summed E-state index contributed by atoms with van der Waals surface area (Å²) in [6.07, 6.45) is 0. The van der Waals surface area contributed by atoms with Crippen molar-refractivity contribution in [3.63, 3.8) is 0 Å². The highest BCUT2D eigenvalue weighted by molar-refractivity contribution is 8.07. The van der Waals surface area contributed by atoms with Crippen LogP contribution < -0.4 is 0 Å². The molecule has 0 saturated heterocycles. The van der Waals surface area contributed by atoms with E-state index in [4.69, 9.17) is 3.63 Å². The summed E-state index contributed by atoms with van der Waals surface area (Å²) in [6, 6.07) is 17.2. The van der Waals surface area contributed by atoms with Crippen LogP contribution in [0.3, 0.4) is 0 Å². The predicted molar refractivity (Wildman–Crippen MR) is 103 cm³/mol. The highest BCUT2D eigenvalue weighted by Gasteiger charge is 2.14. The molecular weight excluding hydrogens is 320 g/mol. The fourth-order valence-electron chi connectivity index (χ4n) is 2.12. The van der Waals surface area contributed by atoms with Crippen LogP contribution in [-0.2, 0) is 14.5 Å². The Bertz CT molecular complexity index is 559. The second-order valence-corrected chi connectivity index (χ2v) is 9.60. The maximum atomic E-state index is 5.69. The molecule has 0 aromatic heterocycles. The fourth-order valence-corrected chi connectivity index (χ4v) is 3.38. The normalized spacial score (nSPS) is 12.4. The molecule has 1 nitrogen and oxygen atoms in total. The summed E-state index contributed by atoms with van der Waals surface area (Å²) in [4.78, 5) is 2.24. The van der Waals surface area contributed by atoms with Crippen molar-refractivity contribution in [2.75, 3.05) is 0 Å². The minimum absolute atomic E-state index is 0.188. The average molecular weight is 347 g/mol. The Labute approximate surface area is 149 Å². The van der Waals surface area contributed by atoms with Crippen molar-refractivity contribution in [1.82, 2.24) is 0 Å². The molecule has 0 fully saturated rings. The second kappa shape index (κ2) is 7.33. The van der Waals surface area contributed by atoms with Gasteiger partial charge < -0.3 is 0 Å². The molecule has 23 heavy (non-hydrogen) atoms. The topological polar surface area (TPSA) is 9.23 Å². The van der Waals surface area contributed by atoms with E-state index in [2.05, 4.69) is 90.1 Å². The summed E-state index contributed by atoms with van der Waals surface area (Å²) in [5, 5.41) is 0. The van der Waals surface area contributed by atoms with Crippen molar-refractivity contribution in [3.8, 4) is 0 Å². The molecule has 2 rings (SSSR count). The first kappa shape index (κ1) is 18.4. The van der Waals surface area contributed by atoms with Gasteiger partial charge in [0.2, 0.25) is 0 Å². The molecule has 0 bridgehead atoms. The molecule has 0 saturated carbocycles. The van der Waals surface area contributed by atoms with E-state index in [0.29, 0.717) is 0 Å². The predicted octanol–water partition coefficient (Wildman–Crippen LogP) is 7.01. The van der Waals surface area contributed by atoms with Crippen LogP contribution in [0, 0.1) is 0 Å². The lowest BCUT2D eigenvalue weighted by Crippen LogP contribution is -2.10. The smallest absolute Gasteiger partial charge is 0.0447 e. The zero-order valence-electron chi connectivity index (χ0n) is 14.8. The van der Waals surface area contributed by atoms with E-state index in [1.807, 2.05) is 0 Å². The number of hydrogen-bond acceptors (Lipinski definition) is 3. The van der Waals surface area contributed by atoms with Gasteiger partial charge in [0.15, 0.2) is 0 Å². The first-order chi connectivity index (χ1) is 10.7. The largest absolute Gasteiger partial charge is 0.237 e. The van der Waals surface area contributed by atoms with Gasteiger partial charge in [-0.3, -0.25) is 0 Å². The van der Waals surface area contributed by atoms with Gasteiger partial charge in [0.1, 0.15) is 0 Å². The standard InChI is InChI=1S/C20H26OS2/c1-19(2,3)15-7-11-17(12-8-15)22-21-23-18-13-9-16(10-14-18)20(4,5)6/h7-14H,1-6H3. The Morgan fingerprint density at radius 1 is 0.565 bits per heavy atom. The van der Waals surface area contributed by atoms with Crippen molar-refractivity contribution < 1.29 is 3.63 Å².